The van der Waals surface area contributed by atoms with Crippen molar-refractivity contribution in [3.8, 4) is 0 Å². The van der Waals surface area contributed by atoms with Crippen molar-refractivity contribution in [2.45, 2.75) is 52.2 Å². The van der Waals surface area contributed by atoms with Crippen LogP contribution in [0.25, 0.3) is 0 Å². The molecule has 1 aliphatic rings. The summed E-state index contributed by atoms with van der Waals surface area (Å²) in [7, 11) is 0. The Balaban J connectivity index is 2.69. The number of hydrogen-bond donors (Lipinski definition) is 1. The van der Waals surface area contributed by atoms with Gasteiger partial charge in [-0.05, 0) is 34.6 Å². The number of rotatable bonds is 0. The SMILES string of the molecule is C[C@@H]1CNC[C@@H](C)N1C(C)(C)C. The minimum atomic E-state index is 0.306. The maximum atomic E-state index is 3.44. The van der Waals surface area contributed by atoms with Gasteiger partial charge in [0.25, 0.3) is 0 Å². The van der Waals surface area contributed by atoms with Gasteiger partial charge in [0.2, 0.25) is 0 Å². The topological polar surface area (TPSA) is 15.3 Å². The van der Waals surface area contributed by atoms with Crippen molar-refractivity contribution in [3.63, 3.8) is 0 Å². The molecule has 0 radical (unpaired) electrons. The van der Waals surface area contributed by atoms with E-state index in [1.165, 1.54) is 0 Å². The van der Waals surface area contributed by atoms with Crippen molar-refractivity contribution >= 4 is 0 Å². The zero-order valence-electron chi connectivity index (χ0n) is 9.02. The summed E-state index contributed by atoms with van der Waals surface area (Å²) in [4.78, 5) is 2.60. The van der Waals surface area contributed by atoms with E-state index < -0.39 is 0 Å². The van der Waals surface area contributed by atoms with Gasteiger partial charge in [-0.25, -0.2) is 0 Å². The van der Waals surface area contributed by atoms with E-state index in [2.05, 4.69) is 44.8 Å². The van der Waals surface area contributed by atoms with Gasteiger partial charge >= 0.3 is 0 Å². The smallest absolute Gasteiger partial charge is 0.0200 e. The third kappa shape index (κ3) is 1.99. The first-order chi connectivity index (χ1) is 5.43. The van der Waals surface area contributed by atoms with Crippen molar-refractivity contribution in [1.82, 2.24) is 10.2 Å². The van der Waals surface area contributed by atoms with Crippen LogP contribution in [0.2, 0.25) is 0 Å². The molecule has 72 valence electrons. The fourth-order valence-electron chi connectivity index (χ4n) is 2.45. The van der Waals surface area contributed by atoms with E-state index in [9.17, 15) is 0 Å². The molecule has 0 unspecified atom stereocenters. The first-order valence-corrected chi connectivity index (χ1v) is 4.92. The molecule has 0 bridgehead atoms. The average Bonchev–Trinajstić information content (AvgIpc) is 1.82. The summed E-state index contributed by atoms with van der Waals surface area (Å²) in [5.74, 6) is 0. The summed E-state index contributed by atoms with van der Waals surface area (Å²) in [6.45, 7) is 13.7. The Hall–Kier alpha value is -0.0800. The van der Waals surface area contributed by atoms with Crippen molar-refractivity contribution in [3.05, 3.63) is 0 Å². The van der Waals surface area contributed by atoms with E-state index in [-0.39, 0.29) is 0 Å². The third-order valence-corrected chi connectivity index (χ3v) is 2.60. The normalized spacial score (nSPS) is 33.8. The molecule has 0 aliphatic carbocycles. The zero-order chi connectivity index (χ0) is 9.35. The molecule has 1 heterocycles. The van der Waals surface area contributed by atoms with Gasteiger partial charge in [-0.3, -0.25) is 4.90 Å². The van der Waals surface area contributed by atoms with Gasteiger partial charge < -0.3 is 5.32 Å². The third-order valence-electron chi connectivity index (χ3n) is 2.60. The minimum absolute atomic E-state index is 0.306. The monoisotopic (exact) mass is 170 g/mol. The van der Waals surface area contributed by atoms with Crippen LogP contribution in [0.15, 0.2) is 0 Å². The van der Waals surface area contributed by atoms with Crippen LogP contribution in [0.5, 0.6) is 0 Å². The van der Waals surface area contributed by atoms with Gasteiger partial charge in [0.15, 0.2) is 0 Å². The second-order valence-electron chi connectivity index (χ2n) is 4.93. The van der Waals surface area contributed by atoms with E-state index in [0.717, 1.165) is 13.1 Å². The predicted octanol–water partition coefficient (Wildman–Crippen LogP) is 1.47. The minimum Gasteiger partial charge on any atom is -0.314 e. The molecule has 0 aromatic heterocycles. The van der Waals surface area contributed by atoms with Crippen LogP contribution in [0.3, 0.4) is 0 Å². The molecule has 0 amide bonds. The van der Waals surface area contributed by atoms with Crippen LogP contribution in [-0.4, -0.2) is 35.6 Å². The first-order valence-electron chi connectivity index (χ1n) is 4.92. The van der Waals surface area contributed by atoms with E-state index >= 15 is 0 Å². The van der Waals surface area contributed by atoms with Gasteiger partial charge in [0.05, 0.1) is 0 Å². The fourth-order valence-corrected chi connectivity index (χ4v) is 2.45. The highest BCUT2D eigenvalue weighted by Gasteiger charge is 2.32. The molecule has 0 saturated carbocycles. The van der Waals surface area contributed by atoms with Crippen LogP contribution in [-0.2, 0) is 0 Å². The van der Waals surface area contributed by atoms with E-state index in [1.54, 1.807) is 0 Å². The summed E-state index contributed by atoms with van der Waals surface area (Å²) in [6, 6.07) is 1.32. The summed E-state index contributed by atoms with van der Waals surface area (Å²) >= 11 is 0. The Morgan fingerprint density at radius 1 is 1.08 bits per heavy atom. The summed E-state index contributed by atoms with van der Waals surface area (Å²) in [5.41, 5.74) is 0.306. The Bertz CT molecular complexity index is 138. The maximum absolute atomic E-state index is 3.44. The molecule has 2 atom stereocenters. The first kappa shape index (κ1) is 10.0. The predicted molar refractivity (Wildman–Crippen MR) is 53.4 cm³/mol. The molecule has 1 aliphatic heterocycles. The second-order valence-corrected chi connectivity index (χ2v) is 4.93. The van der Waals surface area contributed by atoms with E-state index in [0.29, 0.717) is 17.6 Å². The summed E-state index contributed by atoms with van der Waals surface area (Å²) < 4.78 is 0. The highest BCUT2D eigenvalue weighted by atomic mass is 15.3. The lowest BCUT2D eigenvalue weighted by Crippen LogP contribution is -2.61. The number of piperazine rings is 1. The Kier molecular flexibility index (Phi) is 2.79. The number of hydrogen-bond acceptors (Lipinski definition) is 2. The average molecular weight is 170 g/mol. The zero-order valence-corrected chi connectivity index (χ0v) is 9.02. The molecule has 1 rings (SSSR count). The number of nitrogens with zero attached hydrogens (tertiary/aromatic N) is 1. The van der Waals surface area contributed by atoms with Crippen molar-refractivity contribution < 1.29 is 0 Å². The van der Waals surface area contributed by atoms with Gasteiger partial charge in [-0.1, -0.05) is 0 Å². The molecule has 0 aromatic carbocycles. The standard InChI is InChI=1S/C10H22N2/c1-8-6-11-7-9(2)12(8)10(3,4)5/h8-9,11H,6-7H2,1-5H3/t8-,9-/m1/s1. The lowest BCUT2D eigenvalue weighted by molar-refractivity contribution is 0.0265. The quantitative estimate of drug-likeness (QED) is 0.592. The Morgan fingerprint density at radius 2 is 1.50 bits per heavy atom. The molecule has 1 saturated heterocycles. The van der Waals surface area contributed by atoms with Crippen molar-refractivity contribution in [2.24, 2.45) is 0 Å². The van der Waals surface area contributed by atoms with Crippen molar-refractivity contribution in [1.29, 1.82) is 0 Å². The highest BCUT2D eigenvalue weighted by Crippen LogP contribution is 2.21. The van der Waals surface area contributed by atoms with Crippen LogP contribution >= 0.6 is 0 Å². The van der Waals surface area contributed by atoms with E-state index in [1.807, 2.05) is 0 Å². The Morgan fingerprint density at radius 3 is 1.75 bits per heavy atom. The lowest BCUT2D eigenvalue weighted by atomic mass is 9.98. The number of nitrogens with one attached hydrogen (secondary N) is 1. The molecule has 2 heteroatoms. The maximum Gasteiger partial charge on any atom is 0.0200 e. The fraction of sp³-hybridized carbons (Fsp3) is 1.00. The lowest BCUT2D eigenvalue weighted by Gasteiger charge is -2.47. The Labute approximate surface area is 76.3 Å². The largest absolute Gasteiger partial charge is 0.314 e. The van der Waals surface area contributed by atoms with Crippen LogP contribution in [0.4, 0.5) is 0 Å². The molecular formula is C10H22N2. The van der Waals surface area contributed by atoms with Gasteiger partial charge in [0, 0.05) is 30.7 Å². The van der Waals surface area contributed by atoms with E-state index in [4.69, 9.17) is 0 Å². The molecule has 2 nitrogen and oxygen atoms in total. The summed E-state index contributed by atoms with van der Waals surface area (Å²) in [6.07, 6.45) is 0. The van der Waals surface area contributed by atoms with Crippen LogP contribution in [0.1, 0.15) is 34.6 Å². The summed E-state index contributed by atoms with van der Waals surface area (Å²) in [5, 5.41) is 3.44. The van der Waals surface area contributed by atoms with Crippen molar-refractivity contribution in [2.75, 3.05) is 13.1 Å². The van der Waals surface area contributed by atoms with Crippen LogP contribution in [0, 0.1) is 0 Å². The second kappa shape index (κ2) is 3.35. The van der Waals surface area contributed by atoms with Gasteiger partial charge in [-0.2, -0.15) is 0 Å². The molecule has 1 N–H and O–H groups in total. The molecule has 1 fully saturated rings. The molecule has 0 spiro atoms. The molecular weight excluding hydrogens is 148 g/mol. The highest BCUT2D eigenvalue weighted by molar-refractivity contribution is 4.90. The molecule has 0 aromatic rings. The van der Waals surface area contributed by atoms with Gasteiger partial charge in [-0.15, -0.1) is 0 Å². The van der Waals surface area contributed by atoms with Gasteiger partial charge in [0.1, 0.15) is 0 Å². The van der Waals surface area contributed by atoms with Crippen LogP contribution < -0.4 is 5.32 Å². The molecule has 12 heavy (non-hydrogen) atoms.